The molecular formula is C16H15KN2O5. The Bertz CT molecular complexity index is 685. The van der Waals surface area contributed by atoms with Crippen molar-refractivity contribution >= 4 is 23.7 Å². The molecule has 120 valence electrons. The minimum absolute atomic E-state index is 0. The smallest absolute Gasteiger partial charge is 0.548 e. The molecule has 3 rings (SSSR count). The first kappa shape index (κ1) is 19.3. The van der Waals surface area contributed by atoms with Crippen LogP contribution in [0.25, 0.3) is 0 Å². The fourth-order valence-electron chi connectivity index (χ4n) is 3.19. The van der Waals surface area contributed by atoms with Gasteiger partial charge in [0, 0.05) is 6.54 Å². The second-order valence-electron chi connectivity index (χ2n) is 5.71. The van der Waals surface area contributed by atoms with Gasteiger partial charge in [-0.3, -0.25) is 19.3 Å². The summed E-state index contributed by atoms with van der Waals surface area (Å²) in [6, 6.07) is 4.31. The zero-order valence-electron chi connectivity index (χ0n) is 13.5. The number of hydrogen-bond acceptors (Lipinski definition) is 5. The number of likely N-dealkylation sites (tertiary alicyclic amines) is 1. The fourth-order valence-corrected chi connectivity index (χ4v) is 3.19. The third kappa shape index (κ3) is 3.08. The maximum Gasteiger partial charge on any atom is 1.00 e. The van der Waals surface area contributed by atoms with E-state index in [0.29, 0.717) is 12.8 Å². The Hall–Kier alpha value is -1.06. The van der Waals surface area contributed by atoms with Crippen LogP contribution < -0.4 is 56.5 Å². The SMILES string of the molecule is C[C@@H](C(=O)N1CCC[C@H]1C(=O)[O-])N1C(=O)c2ccccc2C1=O.[K+]. The molecule has 0 radical (unpaired) electrons. The first-order valence-corrected chi connectivity index (χ1v) is 7.41. The molecule has 0 aromatic heterocycles. The Kier molecular flexibility index (Phi) is 5.98. The summed E-state index contributed by atoms with van der Waals surface area (Å²) in [5.41, 5.74) is 0.519. The quantitative estimate of drug-likeness (QED) is 0.413. The van der Waals surface area contributed by atoms with Crippen LogP contribution in [0.15, 0.2) is 24.3 Å². The van der Waals surface area contributed by atoms with Crippen molar-refractivity contribution in [3.8, 4) is 0 Å². The summed E-state index contributed by atoms with van der Waals surface area (Å²) in [5, 5.41) is 11.1. The molecule has 1 fully saturated rings. The van der Waals surface area contributed by atoms with E-state index in [1.165, 1.54) is 24.0 Å². The van der Waals surface area contributed by atoms with Gasteiger partial charge in [0.25, 0.3) is 11.8 Å². The average molecular weight is 354 g/mol. The summed E-state index contributed by atoms with van der Waals surface area (Å²) in [6.07, 6.45) is 0.877. The number of amides is 3. The monoisotopic (exact) mass is 354 g/mol. The van der Waals surface area contributed by atoms with Crippen LogP contribution in [0.1, 0.15) is 40.5 Å². The molecule has 8 heteroatoms. The summed E-state index contributed by atoms with van der Waals surface area (Å²) in [5.74, 6) is -2.93. The molecule has 0 saturated carbocycles. The van der Waals surface area contributed by atoms with E-state index in [9.17, 15) is 24.3 Å². The van der Waals surface area contributed by atoms with Gasteiger partial charge in [-0.1, -0.05) is 12.1 Å². The van der Waals surface area contributed by atoms with Gasteiger partial charge in [-0.15, -0.1) is 0 Å². The topological polar surface area (TPSA) is 97.8 Å². The molecule has 1 aromatic rings. The molecule has 7 nitrogen and oxygen atoms in total. The van der Waals surface area contributed by atoms with Crippen molar-refractivity contribution in [2.75, 3.05) is 6.54 Å². The third-order valence-corrected chi connectivity index (χ3v) is 4.38. The summed E-state index contributed by atoms with van der Waals surface area (Å²) in [7, 11) is 0. The number of benzene rings is 1. The van der Waals surface area contributed by atoms with Crippen molar-refractivity contribution in [3.05, 3.63) is 35.4 Å². The molecule has 3 amide bonds. The van der Waals surface area contributed by atoms with E-state index in [4.69, 9.17) is 0 Å². The molecule has 1 saturated heterocycles. The molecule has 2 heterocycles. The third-order valence-electron chi connectivity index (χ3n) is 4.38. The Morgan fingerprint density at radius 2 is 1.71 bits per heavy atom. The van der Waals surface area contributed by atoms with Gasteiger partial charge in [-0.25, -0.2) is 0 Å². The van der Waals surface area contributed by atoms with Crippen molar-refractivity contribution in [3.63, 3.8) is 0 Å². The number of rotatable bonds is 3. The van der Waals surface area contributed by atoms with Crippen LogP contribution in [0.4, 0.5) is 0 Å². The van der Waals surface area contributed by atoms with Crippen LogP contribution >= 0.6 is 0 Å². The van der Waals surface area contributed by atoms with E-state index in [1.54, 1.807) is 12.1 Å². The largest absolute Gasteiger partial charge is 1.00 e. The van der Waals surface area contributed by atoms with Gasteiger partial charge < -0.3 is 14.8 Å². The molecule has 0 bridgehead atoms. The molecule has 2 aliphatic heterocycles. The number of carbonyl (C=O) groups is 4. The summed E-state index contributed by atoms with van der Waals surface area (Å²) in [6.45, 7) is 1.72. The van der Waals surface area contributed by atoms with E-state index >= 15 is 0 Å². The van der Waals surface area contributed by atoms with Gasteiger partial charge in [0.2, 0.25) is 5.91 Å². The van der Waals surface area contributed by atoms with E-state index < -0.39 is 35.8 Å². The first-order chi connectivity index (χ1) is 10.9. The Morgan fingerprint density at radius 1 is 1.17 bits per heavy atom. The zero-order chi connectivity index (χ0) is 16.7. The number of fused-ring (bicyclic) bond motifs is 1. The predicted octanol–water partition coefficient (Wildman–Crippen LogP) is -3.58. The van der Waals surface area contributed by atoms with Gasteiger partial charge in [0.1, 0.15) is 6.04 Å². The number of nitrogens with zero attached hydrogens (tertiary/aromatic N) is 2. The minimum atomic E-state index is -1.31. The molecule has 2 atom stereocenters. The van der Waals surface area contributed by atoms with Crippen LogP contribution in [0.2, 0.25) is 0 Å². The Balaban J connectivity index is 0.00000208. The standard InChI is InChI=1S/C16H16N2O5.K/c1-9(13(19)17-8-4-7-12(17)16(22)23)18-14(20)10-5-2-3-6-11(10)15(18)21;/h2-3,5-6,9,12H,4,7-8H2,1H3,(H,22,23);/q;+1/p-1/t9-,12-;/m0./s1. The van der Waals surface area contributed by atoms with Crippen LogP contribution in [-0.4, -0.2) is 52.1 Å². The Labute approximate surface area is 181 Å². The van der Waals surface area contributed by atoms with Gasteiger partial charge in [-0.05, 0) is 31.9 Å². The molecule has 24 heavy (non-hydrogen) atoms. The van der Waals surface area contributed by atoms with Gasteiger partial charge in [0.15, 0.2) is 0 Å². The summed E-state index contributed by atoms with van der Waals surface area (Å²) in [4.78, 5) is 50.6. The maximum atomic E-state index is 12.6. The average Bonchev–Trinajstić information content (AvgIpc) is 3.11. The number of carboxylic acids is 1. The van der Waals surface area contributed by atoms with Crippen molar-refractivity contribution in [2.24, 2.45) is 0 Å². The van der Waals surface area contributed by atoms with E-state index in [0.717, 1.165) is 4.90 Å². The Morgan fingerprint density at radius 3 is 2.21 bits per heavy atom. The van der Waals surface area contributed by atoms with Gasteiger partial charge in [-0.2, -0.15) is 0 Å². The van der Waals surface area contributed by atoms with Crippen LogP contribution in [-0.2, 0) is 9.59 Å². The summed E-state index contributed by atoms with van der Waals surface area (Å²) < 4.78 is 0. The normalized spacial score (nSPS) is 20.6. The first-order valence-electron chi connectivity index (χ1n) is 7.41. The predicted molar refractivity (Wildman–Crippen MR) is 76.1 cm³/mol. The summed E-state index contributed by atoms with van der Waals surface area (Å²) >= 11 is 0. The molecule has 0 N–H and O–H groups in total. The van der Waals surface area contributed by atoms with E-state index in [1.807, 2.05) is 0 Å². The van der Waals surface area contributed by atoms with Gasteiger partial charge >= 0.3 is 51.4 Å². The number of hydrogen-bond donors (Lipinski definition) is 0. The zero-order valence-corrected chi connectivity index (χ0v) is 16.6. The molecule has 0 spiro atoms. The molecule has 2 aliphatic rings. The maximum absolute atomic E-state index is 12.6. The van der Waals surface area contributed by atoms with E-state index in [-0.39, 0.29) is 69.1 Å². The number of carboxylic acid groups (broad SMARTS) is 1. The molecule has 0 aliphatic carbocycles. The van der Waals surface area contributed by atoms with Crippen molar-refractivity contribution in [1.29, 1.82) is 0 Å². The molecular weight excluding hydrogens is 339 g/mol. The second kappa shape index (κ2) is 7.45. The van der Waals surface area contributed by atoms with Crippen molar-refractivity contribution in [1.82, 2.24) is 9.80 Å². The van der Waals surface area contributed by atoms with Crippen LogP contribution in [0.3, 0.4) is 0 Å². The van der Waals surface area contributed by atoms with Crippen molar-refractivity contribution in [2.45, 2.75) is 31.8 Å². The number of aliphatic carboxylic acids is 1. The number of imide groups is 1. The second-order valence-corrected chi connectivity index (χ2v) is 5.71. The number of carbonyl (C=O) groups excluding carboxylic acids is 4. The minimum Gasteiger partial charge on any atom is -0.548 e. The van der Waals surface area contributed by atoms with Crippen LogP contribution in [0, 0.1) is 0 Å². The molecule has 0 unspecified atom stereocenters. The molecule has 1 aromatic carbocycles. The van der Waals surface area contributed by atoms with E-state index in [2.05, 4.69) is 0 Å². The fraction of sp³-hybridized carbons (Fsp3) is 0.375. The van der Waals surface area contributed by atoms with Crippen molar-refractivity contribution < 1.29 is 75.7 Å². The van der Waals surface area contributed by atoms with Gasteiger partial charge in [0.05, 0.1) is 23.1 Å². The van der Waals surface area contributed by atoms with Crippen LogP contribution in [0.5, 0.6) is 0 Å².